The minimum absolute atomic E-state index is 1.01. The van der Waals surface area contributed by atoms with E-state index >= 15 is 0 Å². The van der Waals surface area contributed by atoms with E-state index in [9.17, 15) is 0 Å². The first-order valence-electron chi connectivity index (χ1n) is 8.66. The lowest BCUT2D eigenvalue weighted by Gasteiger charge is -2.09. The fraction of sp³-hybridized carbons (Fsp3) is 0. The zero-order valence-electron chi connectivity index (χ0n) is 13.9. The molecule has 0 unspecified atom stereocenters. The Bertz CT molecular complexity index is 1440. The van der Waals surface area contributed by atoms with Crippen molar-refractivity contribution in [2.45, 2.75) is 0 Å². The molecule has 0 aliphatic rings. The normalized spacial score (nSPS) is 11.8. The maximum atomic E-state index is 5.09. The van der Waals surface area contributed by atoms with Crippen LogP contribution in [0.3, 0.4) is 0 Å². The Morgan fingerprint density at radius 2 is 1.50 bits per heavy atom. The summed E-state index contributed by atoms with van der Waals surface area (Å²) >= 11 is 1.78. The van der Waals surface area contributed by atoms with E-state index in [-0.39, 0.29) is 0 Å². The van der Waals surface area contributed by atoms with E-state index in [1.807, 2.05) is 0 Å². The molecular weight excluding hydrogens is 336 g/mol. The van der Waals surface area contributed by atoms with Gasteiger partial charge in [0.25, 0.3) is 0 Å². The van der Waals surface area contributed by atoms with E-state index in [4.69, 9.17) is 4.98 Å². The first kappa shape index (κ1) is 14.0. The standard InChI is InChI=1S/C23H14N2S/c1-5-11-20-15(7-1)13-21-17-9-2-4-10-19(17)24-23(25(20)21)18-14-26-22-12-6-3-8-16(18)22/h1-14H. The predicted octanol–water partition coefficient (Wildman–Crippen LogP) is 6.52. The van der Waals surface area contributed by atoms with Gasteiger partial charge in [-0.25, -0.2) is 4.98 Å². The van der Waals surface area contributed by atoms with Gasteiger partial charge in [-0.15, -0.1) is 11.3 Å². The second kappa shape index (κ2) is 5.16. The van der Waals surface area contributed by atoms with E-state index in [1.54, 1.807) is 11.3 Å². The summed E-state index contributed by atoms with van der Waals surface area (Å²) in [7, 11) is 0. The quantitative estimate of drug-likeness (QED) is 0.330. The first-order chi connectivity index (χ1) is 12.9. The average Bonchev–Trinajstić information content (AvgIpc) is 3.29. The Hall–Kier alpha value is -3.17. The second-order valence-electron chi connectivity index (χ2n) is 6.52. The van der Waals surface area contributed by atoms with Crippen LogP contribution in [0, 0.1) is 0 Å². The van der Waals surface area contributed by atoms with Crippen LogP contribution < -0.4 is 0 Å². The molecule has 0 amide bonds. The van der Waals surface area contributed by atoms with Crippen molar-refractivity contribution in [3.8, 4) is 11.4 Å². The smallest absolute Gasteiger partial charge is 0.147 e. The fourth-order valence-corrected chi connectivity index (χ4v) is 4.80. The van der Waals surface area contributed by atoms with Gasteiger partial charge in [0.2, 0.25) is 0 Å². The van der Waals surface area contributed by atoms with Crippen molar-refractivity contribution in [3.63, 3.8) is 0 Å². The molecule has 3 heteroatoms. The van der Waals surface area contributed by atoms with Gasteiger partial charge >= 0.3 is 0 Å². The number of aromatic nitrogens is 2. The van der Waals surface area contributed by atoms with Gasteiger partial charge in [-0.2, -0.15) is 0 Å². The van der Waals surface area contributed by atoms with E-state index in [1.165, 1.54) is 37.5 Å². The van der Waals surface area contributed by atoms with Gasteiger partial charge in [-0.3, -0.25) is 4.40 Å². The van der Waals surface area contributed by atoms with Crippen molar-refractivity contribution in [2.75, 3.05) is 0 Å². The third-order valence-electron chi connectivity index (χ3n) is 5.05. The molecular formula is C23H14N2S. The Balaban J connectivity index is 1.87. The molecule has 0 radical (unpaired) electrons. The number of benzene rings is 3. The number of nitrogens with zero attached hydrogens (tertiary/aromatic N) is 2. The Morgan fingerprint density at radius 3 is 2.46 bits per heavy atom. The van der Waals surface area contributed by atoms with E-state index in [0.29, 0.717) is 0 Å². The molecule has 0 aliphatic carbocycles. The third-order valence-corrected chi connectivity index (χ3v) is 6.01. The molecule has 0 saturated carbocycles. The summed E-state index contributed by atoms with van der Waals surface area (Å²) in [5, 5.41) is 5.92. The molecule has 3 aromatic carbocycles. The van der Waals surface area contributed by atoms with Crippen molar-refractivity contribution in [1.82, 2.24) is 9.38 Å². The number of para-hydroxylation sites is 2. The van der Waals surface area contributed by atoms with Crippen LogP contribution in [0.2, 0.25) is 0 Å². The van der Waals surface area contributed by atoms with Crippen LogP contribution in [-0.2, 0) is 0 Å². The second-order valence-corrected chi connectivity index (χ2v) is 7.43. The number of thiophene rings is 1. The summed E-state index contributed by atoms with van der Waals surface area (Å²) in [4.78, 5) is 5.09. The topological polar surface area (TPSA) is 17.3 Å². The van der Waals surface area contributed by atoms with Crippen molar-refractivity contribution in [1.29, 1.82) is 0 Å². The molecule has 3 aromatic heterocycles. The number of rotatable bonds is 1. The van der Waals surface area contributed by atoms with Crippen LogP contribution in [0.4, 0.5) is 0 Å². The molecule has 0 atom stereocenters. The van der Waals surface area contributed by atoms with Gasteiger partial charge in [-0.05, 0) is 24.3 Å². The minimum atomic E-state index is 1.01. The van der Waals surface area contributed by atoms with Gasteiger partial charge in [0, 0.05) is 31.8 Å². The lowest BCUT2D eigenvalue weighted by molar-refractivity contribution is 1.18. The largest absolute Gasteiger partial charge is 0.293 e. The maximum absolute atomic E-state index is 5.09. The number of hydrogen-bond acceptors (Lipinski definition) is 2. The van der Waals surface area contributed by atoms with E-state index in [0.717, 1.165) is 11.3 Å². The molecule has 6 aromatic rings. The predicted molar refractivity (Wildman–Crippen MR) is 111 cm³/mol. The third kappa shape index (κ3) is 1.83. The molecule has 0 bridgehead atoms. The fourth-order valence-electron chi connectivity index (χ4n) is 3.86. The number of hydrogen-bond donors (Lipinski definition) is 0. The Morgan fingerprint density at radius 1 is 0.731 bits per heavy atom. The van der Waals surface area contributed by atoms with E-state index in [2.05, 4.69) is 88.6 Å². The van der Waals surface area contributed by atoms with Crippen molar-refractivity contribution < 1.29 is 0 Å². The van der Waals surface area contributed by atoms with Crippen LogP contribution in [0.5, 0.6) is 0 Å². The lowest BCUT2D eigenvalue weighted by atomic mass is 10.1. The van der Waals surface area contributed by atoms with Crippen LogP contribution >= 0.6 is 11.3 Å². The molecule has 0 fully saturated rings. The molecule has 6 rings (SSSR count). The van der Waals surface area contributed by atoms with Gasteiger partial charge in [0.05, 0.1) is 16.6 Å². The molecule has 26 heavy (non-hydrogen) atoms. The molecule has 0 N–H and O–H groups in total. The molecule has 0 aliphatic heterocycles. The summed E-state index contributed by atoms with van der Waals surface area (Å²) in [6.07, 6.45) is 0. The van der Waals surface area contributed by atoms with Crippen LogP contribution in [0.25, 0.3) is 48.8 Å². The monoisotopic (exact) mass is 350 g/mol. The summed E-state index contributed by atoms with van der Waals surface area (Å²) in [6, 6.07) is 27.8. The highest BCUT2D eigenvalue weighted by molar-refractivity contribution is 7.17. The molecule has 3 heterocycles. The molecule has 122 valence electrons. The highest BCUT2D eigenvalue weighted by atomic mass is 32.1. The first-order valence-corrected chi connectivity index (χ1v) is 9.54. The average molecular weight is 350 g/mol. The lowest BCUT2D eigenvalue weighted by Crippen LogP contribution is -1.96. The maximum Gasteiger partial charge on any atom is 0.147 e. The highest BCUT2D eigenvalue weighted by Crippen LogP contribution is 2.37. The van der Waals surface area contributed by atoms with Crippen molar-refractivity contribution in [3.05, 3.63) is 84.2 Å². The minimum Gasteiger partial charge on any atom is -0.293 e. The van der Waals surface area contributed by atoms with Gasteiger partial charge < -0.3 is 0 Å². The number of fused-ring (bicyclic) bond motifs is 6. The summed E-state index contributed by atoms with van der Waals surface area (Å²) < 4.78 is 3.61. The van der Waals surface area contributed by atoms with Crippen molar-refractivity contribution in [2.24, 2.45) is 0 Å². The molecule has 2 nitrogen and oxygen atoms in total. The van der Waals surface area contributed by atoms with Gasteiger partial charge in [0.15, 0.2) is 0 Å². The van der Waals surface area contributed by atoms with Crippen LogP contribution in [0.1, 0.15) is 0 Å². The van der Waals surface area contributed by atoms with Crippen LogP contribution in [-0.4, -0.2) is 9.38 Å². The summed E-state index contributed by atoms with van der Waals surface area (Å²) in [5.41, 5.74) is 4.64. The van der Waals surface area contributed by atoms with Gasteiger partial charge in [0.1, 0.15) is 5.82 Å². The van der Waals surface area contributed by atoms with Crippen molar-refractivity contribution >= 4 is 48.7 Å². The highest BCUT2D eigenvalue weighted by Gasteiger charge is 2.16. The summed E-state index contributed by atoms with van der Waals surface area (Å²) in [5.74, 6) is 1.01. The van der Waals surface area contributed by atoms with Crippen LogP contribution in [0.15, 0.2) is 84.2 Å². The zero-order chi connectivity index (χ0) is 17.1. The Kier molecular flexibility index (Phi) is 2.79. The SMILES string of the molecule is c1ccc2c(c1)cc1c3ccccc3nc(-c3csc4ccccc34)n21. The van der Waals surface area contributed by atoms with E-state index < -0.39 is 0 Å². The molecule has 0 spiro atoms. The van der Waals surface area contributed by atoms with Gasteiger partial charge in [-0.1, -0.05) is 54.6 Å². The Labute approximate surface area is 154 Å². The zero-order valence-corrected chi connectivity index (χ0v) is 14.7. The molecule has 0 saturated heterocycles. The summed E-state index contributed by atoms with van der Waals surface area (Å²) in [6.45, 7) is 0.